The number of carbonyl (C=O) groups is 2. The lowest BCUT2D eigenvalue weighted by Gasteiger charge is -2.15. The fourth-order valence-electron chi connectivity index (χ4n) is 3.33. The van der Waals surface area contributed by atoms with Gasteiger partial charge in [0.2, 0.25) is 5.91 Å². The van der Waals surface area contributed by atoms with Crippen molar-refractivity contribution < 1.29 is 14.3 Å². The summed E-state index contributed by atoms with van der Waals surface area (Å²) >= 11 is 14.4. The van der Waals surface area contributed by atoms with Crippen LogP contribution >= 0.6 is 34.5 Å². The lowest BCUT2D eigenvalue weighted by Crippen LogP contribution is -2.25. The van der Waals surface area contributed by atoms with Crippen LogP contribution < -0.4 is 5.32 Å². The Kier molecular flexibility index (Phi) is 10.3. The number of rotatable bonds is 11. The number of hydrogen-bond donors (Lipinski definition) is 1. The van der Waals surface area contributed by atoms with Crippen molar-refractivity contribution in [2.24, 2.45) is 5.92 Å². The summed E-state index contributed by atoms with van der Waals surface area (Å²) in [5.41, 5.74) is 3.06. The summed E-state index contributed by atoms with van der Waals surface area (Å²) in [5.74, 6) is 0.0736. The average Bonchev–Trinajstić information content (AvgIpc) is 3.12. The van der Waals surface area contributed by atoms with Gasteiger partial charge in [-0.05, 0) is 54.5 Å². The molecule has 2 rings (SSSR count). The van der Waals surface area contributed by atoms with Crippen molar-refractivity contribution in [1.29, 1.82) is 0 Å². The molecule has 0 aliphatic carbocycles. The van der Waals surface area contributed by atoms with Gasteiger partial charge >= 0.3 is 5.97 Å². The van der Waals surface area contributed by atoms with Crippen LogP contribution in [0.1, 0.15) is 67.1 Å². The van der Waals surface area contributed by atoms with E-state index in [2.05, 4.69) is 26.1 Å². The van der Waals surface area contributed by atoms with Crippen LogP contribution in [0.3, 0.4) is 0 Å². The van der Waals surface area contributed by atoms with Gasteiger partial charge in [-0.25, -0.2) is 4.79 Å². The van der Waals surface area contributed by atoms with E-state index in [1.165, 1.54) is 18.3 Å². The number of thiophene rings is 1. The molecule has 31 heavy (non-hydrogen) atoms. The van der Waals surface area contributed by atoms with E-state index in [9.17, 15) is 9.59 Å². The monoisotopic (exact) mass is 483 g/mol. The van der Waals surface area contributed by atoms with E-state index in [1.54, 1.807) is 6.07 Å². The van der Waals surface area contributed by atoms with Crippen LogP contribution in [-0.2, 0) is 22.4 Å². The van der Waals surface area contributed by atoms with Crippen LogP contribution in [0.15, 0.2) is 18.2 Å². The quantitative estimate of drug-likeness (QED) is 0.278. The third-order valence-corrected chi connectivity index (χ3v) is 6.90. The molecule has 1 atom stereocenters. The van der Waals surface area contributed by atoms with E-state index in [4.69, 9.17) is 27.9 Å². The minimum atomic E-state index is -0.384. The Morgan fingerprint density at radius 2 is 1.90 bits per heavy atom. The average molecular weight is 484 g/mol. The number of aryl methyl sites for hydroxylation is 2. The summed E-state index contributed by atoms with van der Waals surface area (Å²) in [4.78, 5) is 25.2. The van der Waals surface area contributed by atoms with Crippen molar-refractivity contribution in [1.82, 2.24) is 5.32 Å². The van der Waals surface area contributed by atoms with Gasteiger partial charge in [0.15, 0.2) is 0 Å². The SMILES string of the molecule is CCCc1sc(C(=O)OCCNC(C)=O)cc1-c1c(Cl)cc(Cl)cc1CCC(C)CC. The molecule has 1 aromatic heterocycles. The van der Waals surface area contributed by atoms with Crippen molar-refractivity contribution >= 4 is 46.4 Å². The van der Waals surface area contributed by atoms with Gasteiger partial charge in [-0.2, -0.15) is 0 Å². The second-order valence-corrected chi connectivity index (χ2v) is 9.77. The first-order chi connectivity index (χ1) is 14.8. The number of amides is 1. The molecule has 0 bridgehead atoms. The van der Waals surface area contributed by atoms with Gasteiger partial charge in [-0.3, -0.25) is 4.79 Å². The largest absolute Gasteiger partial charge is 0.460 e. The maximum atomic E-state index is 12.6. The second kappa shape index (κ2) is 12.5. The fraction of sp³-hybridized carbons (Fsp3) is 0.500. The van der Waals surface area contributed by atoms with Crippen LogP contribution in [0.2, 0.25) is 10.0 Å². The highest BCUT2D eigenvalue weighted by Crippen LogP contribution is 2.41. The second-order valence-electron chi connectivity index (χ2n) is 7.79. The summed E-state index contributed by atoms with van der Waals surface area (Å²) in [5, 5.41) is 3.85. The van der Waals surface area contributed by atoms with E-state index in [-0.39, 0.29) is 18.5 Å². The highest BCUT2D eigenvalue weighted by molar-refractivity contribution is 7.14. The number of ether oxygens (including phenoxy) is 1. The van der Waals surface area contributed by atoms with Gasteiger partial charge in [0.25, 0.3) is 0 Å². The molecule has 170 valence electrons. The first-order valence-corrected chi connectivity index (χ1v) is 12.4. The van der Waals surface area contributed by atoms with Crippen molar-refractivity contribution in [2.75, 3.05) is 13.2 Å². The van der Waals surface area contributed by atoms with E-state index in [0.29, 0.717) is 27.4 Å². The zero-order chi connectivity index (χ0) is 23.0. The Morgan fingerprint density at radius 1 is 1.16 bits per heavy atom. The number of halogens is 2. The lowest BCUT2D eigenvalue weighted by molar-refractivity contribution is -0.119. The zero-order valence-electron chi connectivity index (χ0n) is 18.6. The highest BCUT2D eigenvalue weighted by atomic mass is 35.5. The van der Waals surface area contributed by atoms with Gasteiger partial charge in [0.1, 0.15) is 11.5 Å². The normalized spacial score (nSPS) is 11.9. The molecular formula is C24H31Cl2NO3S. The zero-order valence-corrected chi connectivity index (χ0v) is 21.0. The predicted octanol–water partition coefficient (Wildman–Crippen LogP) is 6.95. The van der Waals surface area contributed by atoms with Crippen molar-refractivity contribution in [3.63, 3.8) is 0 Å². The topological polar surface area (TPSA) is 55.4 Å². The molecule has 0 fully saturated rings. The van der Waals surface area contributed by atoms with Gasteiger partial charge in [0.05, 0.1) is 11.6 Å². The summed E-state index contributed by atoms with van der Waals surface area (Å²) < 4.78 is 5.34. The molecule has 1 amide bonds. The molecule has 1 unspecified atom stereocenters. The van der Waals surface area contributed by atoms with Gasteiger partial charge in [0, 0.05) is 22.4 Å². The maximum Gasteiger partial charge on any atom is 0.348 e. The van der Waals surface area contributed by atoms with E-state index >= 15 is 0 Å². The highest BCUT2D eigenvalue weighted by Gasteiger charge is 2.21. The van der Waals surface area contributed by atoms with Crippen LogP contribution in [0.5, 0.6) is 0 Å². The molecule has 0 radical (unpaired) electrons. The van der Waals surface area contributed by atoms with E-state index < -0.39 is 0 Å². The van der Waals surface area contributed by atoms with Crippen molar-refractivity contribution in [3.05, 3.63) is 43.6 Å². The number of nitrogens with one attached hydrogen (secondary N) is 1. The number of carbonyl (C=O) groups excluding carboxylic acids is 2. The molecular weight excluding hydrogens is 453 g/mol. The molecule has 1 heterocycles. The Labute approximate surface area is 199 Å². The Bertz CT molecular complexity index is 910. The van der Waals surface area contributed by atoms with Gasteiger partial charge in [-0.15, -0.1) is 11.3 Å². The molecule has 0 aliphatic rings. The van der Waals surface area contributed by atoms with Gasteiger partial charge in [-0.1, -0.05) is 56.8 Å². The number of benzene rings is 1. The molecule has 0 saturated heterocycles. The molecule has 0 aliphatic heterocycles. The Balaban J connectivity index is 2.36. The molecule has 1 N–H and O–H groups in total. The molecule has 4 nitrogen and oxygen atoms in total. The predicted molar refractivity (Wildman–Crippen MR) is 131 cm³/mol. The van der Waals surface area contributed by atoms with Crippen molar-refractivity contribution in [3.8, 4) is 11.1 Å². The van der Waals surface area contributed by atoms with Crippen LogP contribution in [0.25, 0.3) is 11.1 Å². The summed E-state index contributed by atoms with van der Waals surface area (Å²) in [7, 11) is 0. The maximum absolute atomic E-state index is 12.6. The van der Waals surface area contributed by atoms with Crippen molar-refractivity contribution in [2.45, 2.75) is 59.8 Å². The van der Waals surface area contributed by atoms with Crippen LogP contribution in [0.4, 0.5) is 0 Å². The van der Waals surface area contributed by atoms with Crippen LogP contribution in [-0.4, -0.2) is 25.0 Å². The van der Waals surface area contributed by atoms with Gasteiger partial charge < -0.3 is 10.1 Å². The smallest absolute Gasteiger partial charge is 0.348 e. The number of hydrogen-bond acceptors (Lipinski definition) is 4. The molecule has 7 heteroatoms. The first kappa shape index (κ1) is 25.7. The van der Waals surface area contributed by atoms with E-state index in [1.807, 2.05) is 12.1 Å². The fourth-order valence-corrected chi connectivity index (χ4v) is 5.13. The van der Waals surface area contributed by atoms with Crippen LogP contribution in [0, 0.1) is 5.92 Å². The standard InChI is InChI=1S/C24H31Cl2NO3S/c1-5-7-21-19(14-22(31-21)24(29)30-11-10-27-16(4)28)23-17(9-8-15(3)6-2)12-18(25)13-20(23)26/h12-15H,5-11H2,1-4H3,(H,27,28). The van der Waals surface area contributed by atoms with E-state index in [0.717, 1.165) is 53.7 Å². The molecule has 1 aromatic carbocycles. The lowest BCUT2D eigenvalue weighted by atomic mass is 9.92. The molecule has 2 aromatic rings. The molecule has 0 spiro atoms. The summed E-state index contributed by atoms with van der Waals surface area (Å²) in [6.45, 7) is 8.41. The minimum absolute atomic E-state index is 0.136. The summed E-state index contributed by atoms with van der Waals surface area (Å²) in [6, 6.07) is 5.65. The first-order valence-electron chi connectivity index (χ1n) is 10.8. The third kappa shape index (κ3) is 7.51. The Morgan fingerprint density at radius 3 is 2.55 bits per heavy atom. The Hall–Kier alpha value is -1.56. The summed E-state index contributed by atoms with van der Waals surface area (Å²) in [6.07, 6.45) is 4.85. The number of esters is 1. The third-order valence-electron chi connectivity index (χ3n) is 5.21. The molecule has 0 saturated carbocycles. The minimum Gasteiger partial charge on any atom is -0.460 e.